The number of amides is 2. The first-order chi connectivity index (χ1) is 16.1. The first kappa shape index (κ1) is 24.7. The number of aryl methyl sites for hydroxylation is 1. The van der Waals surface area contributed by atoms with Gasteiger partial charge in [-0.15, -0.1) is 0 Å². The molecule has 1 N–H and O–H groups in total. The van der Waals surface area contributed by atoms with Crippen molar-refractivity contribution < 1.29 is 19.1 Å². The highest BCUT2D eigenvalue weighted by Crippen LogP contribution is 2.16. The van der Waals surface area contributed by atoms with Gasteiger partial charge in [0, 0.05) is 39.1 Å². The van der Waals surface area contributed by atoms with Crippen LogP contribution in [0.4, 0.5) is 0 Å². The van der Waals surface area contributed by atoms with Gasteiger partial charge in [-0.25, -0.2) is 0 Å². The summed E-state index contributed by atoms with van der Waals surface area (Å²) in [4.78, 5) is 30.1. The molecule has 2 aromatic carbocycles. The third-order valence-corrected chi connectivity index (χ3v) is 5.98. The Kier molecular flexibility index (Phi) is 9.72. The highest BCUT2D eigenvalue weighted by atomic mass is 16.5. The van der Waals surface area contributed by atoms with E-state index in [9.17, 15) is 9.59 Å². The van der Waals surface area contributed by atoms with E-state index in [0.29, 0.717) is 25.9 Å². The van der Waals surface area contributed by atoms with E-state index in [2.05, 4.69) is 10.2 Å². The number of ether oxygens (including phenoxy) is 2. The van der Waals surface area contributed by atoms with Crippen molar-refractivity contribution in [2.45, 2.75) is 32.4 Å². The van der Waals surface area contributed by atoms with E-state index in [-0.39, 0.29) is 11.8 Å². The SMILES string of the molecule is COc1ccc(CN(C(=O)CCc2ccccc2)C(C)C(=O)NCCN2CCOCC2)cc1. The lowest BCUT2D eigenvalue weighted by molar-refractivity contribution is -0.140. The number of carbonyl (C=O) groups excluding carboxylic acids is 2. The quantitative estimate of drug-likeness (QED) is 0.566. The van der Waals surface area contributed by atoms with Crippen LogP contribution in [0.2, 0.25) is 0 Å². The molecule has 0 spiro atoms. The van der Waals surface area contributed by atoms with Crippen LogP contribution in [0.15, 0.2) is 54.6 Å². The van der Waals surface area contributed by atoms with Crippen molar-refractivity contribution in [1.82, 2.24) is 15.1 Å². The van der Waals surface area contributed by atoms with Crippen molar-refractivity contribution >= 4 is 11.8 Å². The van der Waals surface area contributed by atoms with Gasteiger partial charge in [0.1, 0.15) is 11.8 Å². The molecule has 1 unspecified atom stereocenters. The molecule has 7 nitrogen and oxygen atoms in total. The molecule has 1 aliphatic rings. The number of methoxy groups -OCH3 is 1. The van der Waals surface area contributed by atoms with E-state index in [0.717, 1.165) is 49.7 Å². The second-order valence-corrected chi connectivity index (χ2v) is 8.28. The van der Waals surface area contributed by atoms with Gasteiger partial charge in [-0.05, 0) is 36.6 Å². The van der Waals surface area contributed by atoms with Gasteiger partial charge in [-0.3, -0.25) is 14.5 Å². The summed E-state index contributed by atoms with van der Waals surface area (Å²) >= 11 is 0. The average molecular weight is 454 g/mol. The molecule has 0 bridgehead atoms. The Bertz CT molecular complexity index is 867. The monoisotopic (exact) mass is 453 g/mol. The van der Waals surface area contributed by atoms with Gasteiger partial charge in [-0.1, -0.05) is 42.5 Å². The molecule has 0 saturated carbocycles. The predicted molar refractivity (Wildman–Crippen MR) is 128 cm³/mol. The van der Waals surface area contributed by atoms with Crippen molar-refractivity contribution in [2.75, 3.05) is 46.5 Å². The zero-order chi connectivity index (χ0) is 23.5. The number of hydrogen-bond acceptors (Lipinski definition) is 5. The predicted octanol–water partition coefficient (Wildman–Crippen LogP) is 2.49. The minimum Gasteiger partial charge on any atom is -0.497 e. The molecule has 178 valence electrons. The smallest absolute Gasteiger partial charge is 0.242 e. The first-order valence-corrected chi connectivity index (χ1v) is 11.6. The third kappa shape index (κ3) is 7.87. The Morgan fingerprint density at radius 1 is 1.06 bits per heavy atom. The van der Waals surface area contributed by atoms with Crippen molar-refractivity contribution in [3.63, 3.8) is 0 Å². The summed E-state index contributed by atoms with van der Waals surface area (Å²) in [7, 11) is 1.62. The van der Waals surface area contributed by atoms with Crippen LogP contribution in [0.25, 0.3) is 0 Å². The third-order valence-electron chi connectivity index (χ3n) is 5.98. The molecule has 1 fully saturated rings. The zero-order valence-corrected chi connectivity index (χ0v) is 19.7. The van der Waals surface area contributed by atoms with Gasteiger partial charge < -0.3 is 19.7 Å². The van der Waals surface area contributed by atoms with E-state index < -0.39 is 6.04 Å². The van der Waals surface area contributed by atoms with Gasteiger partial charge in [0.05, 0.1) is 20.3 Å². The molecule has 1 atom stereocenters. The fourth-order valence-corrected chi connectivity index (χ4v) is 3.86. The number of hydrogen-bond donors (Lipinski definition) is 1. The van der Waals surface area contributed by atoms with E-state index in [1.165, 1.54) is 0 Å². The van der Waals surface area contributed by atoms with Gasteiger partial charge in [0.15, 0.2) is 0 Å². The molecule has 1 aliphatic heterocycles. The number of carbonyl (C=O) groups is 2. The van der Waals surface area contributed by atoms with Gasteiger partial charge in [0.2, 0.25) is 11.8 Å². The average Bonchev–Trinajstić information content (AvgIpc) is 2.87. The fourth-order valence-electron chi connectivity index (χ4n) is 3.86. The lowest BCUT2D eigenvalue weighted by Gasteiger charge is -2.30. The maximum absolute atomic E-state index is 13.2. The molecular weight excluding hydrogens is 418 g/mol. The zero-order valence-electron chi connectivity index (χ0n) is 19.7. The van der Waals surface area contributed by atoms with E-state index in [1.807, 2.05) is 54.6 Å². The normalized spacial score (nSPS) is 15.0. The van der Waals surface area contributed by atoms with Gasteiger partial charge in [-0.2, -0.15) is 0 Å². The van der Waals surface area contributed by atoms with Crippen LogP contribution in [0.3, 0.4) is 0 Å². The molecule has 2 aromatic rings. The Morgan fingerprint density at radius 2 is 1.76 bits per heavy atom. The summed E-state index contributed by atoms with van der Waals surface area (Å²) in [6.07, 6.45) is 0.996. The minimum atomic E-state index is -0.569. The van der Waals surface area contributed by atoms with Crippen molar-refractivity contribution in [1.29, 1.82) is 0 Å². The highest BCUT2D eigenvalue weighted by molar-refractivity contribution is 5.87. The maximum atomic E-state index is 13.2. The van der Waals surface area contributed by atoms with Crippen LogP contribution < -0.4 is 10.1 Å². The van der Waals surface area contributed by atoms with E-state index >= 15 is 0 Å². The molecule has 0 aliphatic carbocycles. The fraction of sp³-hybridized carbons (Fsp3) is 0.462. The minimum absolute atomic E-state index is 0.0366. The number of nitrogens with one attached hydrogen (secondary N) is 1. The first-order valence-electron chi connectivity index (χ1n) is 11.6. The van der Waals surface area contributed by atoms with E-state index in [4.69, 9.17) is 9.47 Å². The molecule has 1 saturated heterocycles. The molecule has 3 rings (SSSR count). The van der Waals surface area contributed by atoms with E-state index in [1.54, 1.807) is 18.9 Å². The van der Waals surface area contributed by atoms with Crippen LogP contribution in [-0.4, -0.2) is 74.2 Å². The van der Waals surface area contributed by atoms with Crippen molar-refractivity contribution in [2.24, 2.45) is 0 Å². The molecule has 1 heterocycles. The topological polar surface area (TPSA) is 71.1 Å². The number of rotatable bonds is 11. The Hall–Kier alpha value is -2.90. The molecule has 7 heteroatoms. The lowest BCUT2D eigenvalue weighted by Crippen LogP contribution is -2.49. The number of benzene rings is 2. The molecule has 0 radical (unpaired) electrons. The second-order valence-electron chi connectivity index (χ2n) is 8.28. The van der Waals surface area contributed by atoms with Gasteiger partial charge >= 0.3 is 0 Å². The summed E-state index contributed by atoms with van der Waals surface area (Å²) < 4.78 is 10.6. The summed E-state index contributed by atoms with van der Waals surface area (Å²) in [5, 5.41) is 3.01. The number of morpholine rings is 1. The maximum Gasteiger partial charge on any atom is 0.242 e. The van der Waals surface area contributed by atoms with Crippen molar-refractivity contribution in [3.8, 4) is 5.75 Å². The largest absolute Gasteiger partial charge is 0.497 e. The van der Waals surface area contributed by atoms with Crippen LogP contribution in [0, 0.1) is 0 Å². The van der Waals surface area contributed by atoms with Crippen molar-refractivity contribution in [3.05, 3.63) is 65.7 Å². The van der Waals surface area contributed by atoms with Crippen LogP contribution >= 0.6 is 0 Å². The van der Waals surface area contributed by atoms with Gasteiger partial charge in [0.25, 0.3) is 0 Å². The lowest BCUT2D eigenvalue weighted by atomic mass is 10.1. The molecular formula is C26H35N3O4. The summed E-state index contributed by atoms with van der Waals surface area (Å²) in [5.41, 5.74) is 2.06. The summed E-state index contributed by atoms with van der Waals surface area (Å²) in [6, 6.07) is 17.0. The summed E-state index contributed by atoms with van der Waals surface area (Å²) in [5.74, 6) is 0.588. The van der Waals surface area contributed by atoms with Crippen LogP contribution in [0.1, 0.15) is 24.5 Å². The standard InChI is InChI=1S/C26H35N3O4/c1-21(26(31)27-14-15-28-16-18-33-19-17-28)29(20-23-8-11-24(32-2)12-9-23)25(30)13-10-22-6-4-3-5-7-22/h3-9,11-12,21H,10,13-20H2,1-2H3,(H,27,31). The second kappa shape index (κ2) is 13.0. The Labute approximate surface area is 196 Å². The van der Waals surface area contributed by atoms with Crippen LogP contribution in [-0.2, 0) is 27.3 Å². The molecule has 0 aromatic heterocycles. The Morgan fingerprint density at radius 3 is 2.42 bits per heavy atom. The molecule has 33 heavy (non-hydrogen) atoms. The molecule has 2 amide bonds. The highest BCUT2D eigenvalue weighted by Gasteiger charge is 2.26. The number of nitrogens with zero attached hydrogens (tertiary/aromatic N) is 2. The van der Waals surface area contributed by atoms with Crippen LogP contribution in [0.5, 0.6) is 5.75 Å². The summed E-state index contributed by atoms with van der Waals surface area (Å²) in [6.45, 7) is 6.73. The Balaban J connectivity index is 1.61.